The molecule has 0 aliphatic carbocycles. The lowest BCUT2D eigenvalue weighted by Crippen LogP contribution is -2.16. The third kappa shape index (κ3) is 2.54. The average Bonchev–Trinajstić information content (AvgIpc) is 2.57. The van der Waals surface area contributed by atoms with Gasteiger partial charge in [0.25, 0.3) is 0 Å². The number of aromatic amines is 1. The number of alkyl halides is 3. The molecule has 0 saturated heterocycles. The predicted molar refractivity (Wildman–Crippen MR) is 59.1 cm³/mol. The molecule has 1 N–H and O–H groups in total. The Morgan fingerprint density at radius 1 is 1.24 bits per heavy atom. The molecule has 0 saturated carbocycles. The van der Waals surface area contributed by atoms with Crippen molar-refractivity contribution in [3.05, 3.63) is 30.0 Å². The molecule has 0 unspecified atom stereocenters. The van der Waals surface area contributed by atoms with Gasteiger partial charge in [-0.1, -0.05) is 13.8 Å². The van der Waals surface area contributed by atoms with Crippen molar-refractivity contribution in [1.82, 2.24) is 4.98 Å². The molecule has 0 aliphatic heterocycles. The monoisotopic (exact) mass is 243 g/mol. The Bertz CT molecular complexity index is 528. The van der Waals surface area contributed by atoms with Crippen LogP contribution in [0.5, 0.6) is 5.75 Å². The van der Waals surface area contributed by atoms with Crippen LogP contribution in [0.3, 0.4) is 0 Å². The van der Waals surface area contributed by atoms with Crippen molar-refractivity contribution in [3.8, 4) is 5.75 Å². The summed E-state index contributed by atoms with van der Waals surface area (Å²) in [5.74, 6) is 0.0522. The van der Waals surface area contributed by atoms with Crippen molar-refractivity contribution < 1.29 is 17.9 Å². The Labute approximate surface area is 96.4 Å². The fraction of sp³-hybridized carbons (Fsp3) is 0.333. The van der Waals surface area contributed by atoms with Crippen LogP contribution in [0.4, 0.5) is 13.2 Å². The van der Waals surface area contributed by atoms with E-state index in [1.54, 1.807) is 6.07 Å². The fourth-order valence-corrected chi connectivity index (χ4v) is 1.80. The lowest BCUT2D eigenvalue weighted by molar-refractivity contribution is -0.274. The minimum absolute atomic E-state index is 0.188. The predicted octanol–water partition coefficient (Wildman–Crippen LogP) is 4.19. The number of hydrogen-bond donors (Lipinski definition) is 1. The van der Waals surface area contributed by atoms with Crippen LogP contribution < -0.4 is 4.74 Å². The minimum atomic E-state index is -4.65. The van der Waals surface area contributed by atoms with Gasteiger partial charge in [-0.3, -0.25) is 0 Å². The summed E-state index contributed by atoms with van der Waals surface area (Å²) in [6.45, 7) is 3.97. The molecule has 0 fully saturated rings. The molecule has 2 nitrogen and oxygen atoms in total. The van der Waals surface area contributed by atoms with E-state index in [0.717, 1.165) is 16.5 Å². The number of H-pyrrole nitrogens is 1. The quantitative estimate of drug-likeness (QED) is 0.840. The summed E-state index contributed by atoms with van der Waals surface area (Å²) in [4.78, 5) is 3.02. The second-order valence-electron chi connectivity index (χ2n) is 4.15. The first kappa shape index (κ1) is 11.8. The van der Waals surface area contributed by atoms with Gasteiger partial charge >= 0.3 is 6.36 Å². The SMILES string of the molecule is CC(C)c1c[nH]c2ccc(OC(F)(F)F)cc12. The molecule has 1 heterocycles. The van der Waals surface area contributed by atoms with Crippen LogP contribution in [0.2, 0.25) is 0 Å². The Balaban J connectivity index is 2.44. The summed E-state index contributed by atoms with van der Waals surface area (Å²) >= 11 is 0. The van der Waals surface area contributed by atoms with Gasteiger partial charge in [0.05, 0.1) is 0 Å². The third-order valence-electron chi connectivity index (χ3n) is 2.54. The number of halogens is 3. The molecule has 0 spiro atoms. The van der Waals surface area contributed by atoms with E-state index in [-0.39, 0.29) is 11.7 Å². The summed E-state index contributed by atoms with van der Waals surface area (Å²) in [5.41, 5.74) is 1.79. The lowest BCUT2D eigenvalue weighted by Gasteiger charge is -2.09. The van der Waals surface area contributed by atoms with Gasteiger partial charge in [0.1, 0.15) is 5.75 Å². The molecule has 5 heteroatoms. The van der Waals surface area contributed by atoms with E-state index in [1.807, 2.05) is 20.0 Å². The van der Waals surface area contributed by atoms with Crippen LogP contribution in [-0.4, -0.2) is 11.3 Å². The van der Waals surface area contributed by atoms with Crippen molar-refractivity contribution in [2.75, 3.05) is 0 Å². The topological polar surface area (TPSA) is 25.0 Å². The van der Waals surface area contributed by atoms with Crippen molar-refractivity contribution in [3.63, 3.8) is 0 Å². The molecule has 1 aromatic heterocycles. The van der Waals surface area contributed by atoms with Gasteiger partial charge in [-0.05, 0) is 29.7 Å². The number of aromatic nitrogens is 1. The molecule has 1 aromatic carbocycles. The highest BCUT2D eigenvalue weighted by Crippen LogP contribution is 2.30. The van der Waals surface area contributed by atoms with Gasteiger partial charge in [-0.15, -0.1) is 13.2 Å². The highest BCUT2D eigenvalue weighted by Gasteiger charge is 2.31. The van der Waals surface area contributed by atoms with Crippen LogP contribution in [0.1, 0.15) is 25.3 Å². The zero-order chi connectivity index (χ0) is 12.6. The van der Waals surface area contributed by atoms with E-state index in [9.17, 15) is 13.2 Å². The van der Waals surface area contributed by atoms with Gasteiger partial charge in [0.2, 0.25) is 0 Å². The molecule has 0 atom stereocenters. The lowest BCUT2D eigenvalue weighted by atomic mass is 10.0. The normalized spacial score (nSPS) is 12.4. The second-order valence-corrected chi connectivity index (χ2v) is 4.15. The standard InChI is InChI=1S/C12H12F3NO/c1-7(2)10-6-16-11-4-3-8(5-9(10)11)17-12(13,14)15/h3-7,16H,1-2H3. The van der Waals surface area contributed by atoms with E-state index in [1.165, 1.54) is 12.1 Å². The first-order chi connectivity index (χ1) is 7.87. The second kappa shape index (κ2) is 3.98. The number of ether oxygens (including phenoxy) is 1. The van der Waals surface area contributed by atoms with Crippen LogP contribution in [0.15, 0.2) is 24.4 Å². The molecular weight excluding hydrogens is 231 g/mol. The maximum Gasteiger partial charge on any atom is 0.573 e. The van der Waals surface area contributed by atoms with Crippen molar-refractivity contribution in [1.29, 1.82) is 0 Å². The van der Waals surface area contributed by atoms with Crippen LogP contribution in [0.25, 0.3) is 10.9 Å². The van der Waals surface area contributed by atoms with Crippen molar-refractivity contribution in [2.45, 2.75) is 26.1 Å². The maximum atomic E-state index is 12.1. The third-order valence-corrected chi connectivity index (χ3v) is 2.54. The molecule has 2 aromatic rings. The number of benzene rings is 1. The zero-order valence-corrected chi connectivity index (χ0v) is 9.43. The Kier molecular flexibility index (Phi) is 2.77. The number of nitrogens with one attached hydrogen (secondary N) is 1. The fourth-order valence-electron chi connectivity index (χ4n) is 1.80. The smallest absolute Gasteiger partial charge is 0.406 e. The summed E-state index contributed by atoms with van der Waals surface area (Å²) < 4.78 is 40.2. The van der Waals surface area contributed by atoms with E-state index >= 15 is 0 Å². The summed E-state index contributed by atoms with van der Waals surface area (Å²) in [7, 11) is 0. The van der Waals surface area contributed by atoms with E-state index in [0.29, 0.717) is 0 Å². The summed E-state index contributed by atoms with van der Waals surface area (Å²) in [5, 5.41) is 0.766. The molecular formula is C12H12F3NO. The Morgan fingerprint density at radius 3 is 2.53 bits per heavy atom. The van der Waals surface area contributed by atoms with Gasteiger partial charge in [-0.2, -0.15) is 0 Å². The molecule has 0 radical (unpaired) electrons. The average molecular weight is 243 g/mol. The molecule has 0 aliphatic rings. The van der Waals surface area contributed by atoms with Gasteiger partial charge < -0.3 is 9.72 Å². The van der Waals surface area contributed by atoms with Gasteiger partial charge in [0, 0.05) is 17.1 Å². The van der Waals surface area contributed by atoms with Gasteiger partial charge in [-0.25, -0.2) is 0 Å². The molecule has 2 rings (SSSR count). The van der Waals surface area contributed by atoms with Crippen molar-refractivity contribution in [2.24, 2.45) is 0 Å². The highest BCUT2D eigenvalue weighted by molar-refractivity contribution is 5.85. The number of fused-ring (bicyclic) bond motifs is 1. The summed E-state index contributed by atoms with van der Waals surface area (Å²) in [6, 6.07) is 4.30. The first-order valence-electron chi connectivity index (χ1n) is 5.23. The highest BCUT2D eigenvalue weighted by atomic mass is 19.4. The van der Waals surface area contributed by atoms with Crippen molar-refractivity contribution >= 4 is 10.9 Å². The van der Waals surface area contributed by atoms with E-state index in [2.05, 4.69) is 9.72 Å². The molecule has 17 heavy (non-hydrogen) atoms. The largest absolute Gasteiger partial charge is 0.573 e. The first-order valence-corrected chi connectivity index (χ1v) is 5.23. The zero-order valence-electron chi connectivity index (χ0n) is 9.43. The summed E-state index contributed by atoms with van der Waals surface area (Å²) in [6.07, 6.45) is -2.84. The van der Waals surface area contributed by atoms with Crippen LogP contribution in [-0.2, 0) is 0 Å². The molecule has 0 bridgehead atoms. The van der Waals surface area contributed by atoms with E-state index in [4.69, 9.17) is 0 Å². The van der Waals surface area contributed by atoms with Crippen LogP contribution in [0, 0.1) is 0 Å². The Morgan fingerprint density at radius 2 is 1.94 bits per heavy atom. The number of rotatable bonds is 2. The van der Waals surface area contributed by atoms with Crippen LogP contribution >= 0.6 is 0 Å². The van der Waals surface area contributed by atoms with Gasteiger partial charge in [0.15, 0.2) is 0 Å². The maximum absolute atomic E-state index is 12.1. The number of hydrogen-bond acceptors (Lipinski definition) is 1. The minimum Gasteiger partial charge on any atom is -0.406 e. The van der Waals surface area contributed by atoms with E-state index < -0.39 is 6.36 Å². The molecule has 92 valence electrons. The molecule has 0 amide bonds. The Hall–Kier alpha value is -1.65.